The van der Waals surface area contributed by atoms with Crippen LogP contribution in [0.4, 0.5) is 0 Å². The molecule has 1 aromatic heterocycles. The van der Waals surface area contributed by atoms with Gasteiger partial charge in [0.1, 0.15) is 11.5 Å². The smallest absolute Gasteiger partial charge is 0.169 e. The molecule has 0 N–H and O–H groups in total. The number of hydrogen-bond acceptors (Lipinski definition) is 2. The van der Waals surface area contributed by atoms with Crippen LogP contribution in [-0.4, -0.2) is 15.8 Å². The number of carbonyl (C=O) groups excluding carboxylic acids is 1. The van der Waals surface area contributed by atoms with E-state index in [2.05, 4.69) is 4.98 Å². The first-order valence-electron chi connectivity index (χ1n) is 7.78. The highest BCUT2D eigenvalue weighted by Crippen LogP contribution is 2.23. The Balaban J connectivity index is 1.83. The Morgan fingerprint density at radius 2 is 1.76 bits per heavy atom. The zero-order chi connectivity index (χ0) is 17.8. The van der Waals surface area contributed by atoms with E-state index in [1.807, 2.05) is 67.6 Å². The molecule has 0 amide bonds. The molecule has 3 rings (SSSR count). The minimum atomic E-state index is 0.214. The maximum Gasteiger partial charge on any atom is 0.169 e. The second-order valence-electron chi connectivity index (χ2n) is 5.63. The number of aldehydes is 1. The summed E-state index contributed by atoms with van der Waals surface area (Å²) in [5.74, 6) is 0.677. The van der Waals surface area contributed by atoms with E-state index in [4.69, 9.17) is 23.2 Å². The molecule has 0 bridgehead atoms. The lowest BCUT2D eigenvalue weighted by molar-refractivity contribution is 0.111. The lowest BCUT2D eigenvalue weighted by Crippen LogP contribution is -2.06. The van der Waals surface area contributed by atoms with Gasteiger partial charge in [0.05, 0.1) is 6.54 Å². The van der Waals surface area contributed by atoms with Crippen molar-refractivity contribution in [1.82, 2.24) is 9.55 Å². The fourth-order valence-corrected chi connectivity index (χ4v) is 3.10. The molecule has 3 nitrogen and oxygen atoms in total. The van der Waals surface area contributed by atoms with E-state index in [-0.39, 0.29) is 5.15 Å². The molecular formula is C20H16Cl2N2O. The summed E-state index contributed by atoms with van der Waals surface area (Å²) in [5, 5.41) is 0.849. The number of aromatic nitrogens is 2. The summed E-state index contributed by atoms with van der Waals surface area (Å²) in [7, 11) is 0. The van der Waals surface area contributed by atoms with E-state index in [0.717, 1.165) is 16.7 Å². The third-order valence-corrected chi connectivity index (χ3v) is 4.57. The maximum absolute atomic E-state index is 11.2. The molecular weight excluding hydrogens is 355 g/mol. The molecule has 5 heteroatoms. The summed E-state index contributed by atoms with van der Waals surface area (Å²) in [4.78, 5) is 15.4. The van der Waals surface area contributed by atoms with Gasteiger partial charge in [-0.3, -0.25) is 4.79 Å². The van der Waals surface area contributed by atoms with Crippen molar-refractivity contribution in [3.05, 3.63) is 86.9 Å². The zero-order valence-electron chi connectivity index (χ0n) is 13.6. The SMILES string of the molecule is Cc1nc(Cl)c(C=O)n1Cc1ccc(C=Cc2ccccc2)cc1Cl. The Morgan fingerprint density at radius 1 is 1.04 bits per heavy atom. The van der Waals surface area contributed by atoms with Gasteiger partial charge in [0, 0.05) is 5.02 Å². The van der Waals surface area contributed by atoms with E-state index in [9.17, 15) is 4.79 Å². The van der Waals surface area contributed by atoms with E-state index in [1.54, 1.807) is 4.57 Å². The molecule has 0 spiro atoms. The molecule has 1 heterocycles. The van der Waals surface area contributed by atoms with Gasteiger partial charge in [0.25, 0.3) is 0 Å². The number of aryl methyl sites for hydroxylation is 1. The van der Waals surface area contributed by atoms with Gasteiger partial charge in [-0.05, 0) is 29.7 Å². The second kappa shape index (κ2) is 7.68. The summed E-state index contributed by atoms with van der Waals surface area (Å²) in [5.41, 5.74) is 3.40. The van der Waals surface area contributed by atoms with Gasteiger partial charge in [-0.2, -0.15) is 0 Å². The fraction of sp³-hybridized carbons (Fsp3) is 0.100. The van der Waals surface area contributed by atoms with Crippen molar-refractivity contribution in [1.29, 1.82) is 0 Å². The Hall–Kier alpha value is -2.36. The number of hydrogen-bond donors (Lipinski definition) is 0. The summed E-state index contributed by atoms with van der Waals surface area (Å²) in [6.45, 7) is 2.25. The number of imidazole rings is 1. The minimum Gasteiger partial charge on any atom is -0.320 e. The maximum atomic E-state index is 11.2. The van der Waals surface area contributed by atoms with Crippen molar-refractivity contribution < 1.29 is 4.79 Å². The third-order valence-electron chi connectivity index (χ3n) is 3.94. The molecule has 0 aliphatic rings. The molecule has 0 radical (unpaired) electrons. The van der Waals surface area contributed by atoms with Crippen LogP contribution < -0.4 is 0 Å². The third kappa shape index (κ3) is 4.01. The van der Waals surface area contributed by atoms with Gasteiger partial charge in [-0.25, -0.2) is 4.98 Å². The summed E-state index contributed by atoms with van der Waals surface area (Å²) >= 11 is 12.4. The largest absolute Gasteiger partial charge is 0.320 e. The van der Waals surface area contributed by atoms with Crippen LogP contribution in [0.25, 0.3) is 12.2 Å². The van der Waals surface area contributed by atoms with Gasteiger partial charge < -0.3 is 4.57 Å². The van der Waals surface area contributed by atoms with Gasteiger partial charge >= 0.3 is 0 Å². The van der Waals surface area contributed by atoms with Crippen molar-refractivity contribution in [2.24, 2.45) is 0 Å². The number of carbonyl (C=O) groups is 1. The van der Waals surface area contributed by atoms with Crippen molar-refractivity contribution in [2.45, 2.75) is 13.5 Å². The van der Waals surface area contributed by atoms with E-state index < -0.39 is 0 Å². The molecule has 0 fully saturated rings. The molecule has 2 aromatic carbocycles. The zero-order valence-corrected chi connectivity index (χ0v) is 15.1. The Morgan fingerprint density at radius 3 is 2.44 bits per heavy atom. The highest BCUT2D eigenvalue weighted by atomic mass is 35.5. The standard InChI is InChI=1S/C20H16Cl2N2O/c1-14-23-20(22)19(13-25)24(14)12-17-10-9-16(11-18(17)21)8-7-15-5-3-2-4-6-15/h2-11,13H,12H2,1H3. The number of nitrogens with zero attached hydrogens (tertiary/aromatic N) is 2. The van der Waals surface area contributed by atoms with E-state index >= 15 is 0 Å². The van der Waals surface area contributed by atoms with Gasteiger partial charge in [-0.1, -0.05) is 77.8 Å². The van der Waals surface area contributed by atoms with Gasteiger partial charge in [0.2, 0.25) is 0 Å². The summed E-state index contributed by atoms with van der Waals surface area (Å²) < 4.78 is 1.76. The van der Waals surface area contributed by atoms with Crippen LogP contribution in [0.15, 0.2) is 48.5 Å². The van der Waals surface area contributed by atoms with Crippen LogP contribution in [0.5, 0.6) is 0 Å². The van der Waals surface area contributed by atoms with Crippen LogP contribution in [0.3, 0.4) is 0 Å². The number of rotatable bonds is 5. The lowest BCUT2D eigenvalue weighted by atomic mass is 10.1. The van der Waals surface area contributed by atoms with Crippen molar-refractivity contribution in [3.8, 4) is 0 Å². The van der Waals surface area contributed by atoms with Gasteiger partial charge in [0.15, 0.2) is 11.4 Å². The first kappa shape index (κ1) is 17.5. The van der Waals surface area contributed by atoms with Crippen molar-refractivity contribution in [2.75, 3.05) is 0 Å². The first-order valence-corrected chi connectivity index (χ1v) is 8.53. The molecule has 0 unspecified atom stereocenters. The molecule has 0 atom stereocenters. The molecule has 126 valence electrons. The van der Waals surface area contributed by atoms with Crippen LogP contribution in [-0.2, 0) is 6.54 Å². The molecule has 0 saturated heterocycles. The van der Waals surface area contributed by atoms with Crippen LogP contribution in [0.1, 0.15) is 33.0 Å². The monoisotopic (exact) mass is 370 g/mol. The topological polar surface area (TPSA) is 34.9 Å². The molecule has 3 aromatic rings. The van der Waals surface area contributed by atoms with E-state index in [0.29, 0.717) is 29.4 Å². The predicted molar refractivity (Wildman–Crippen MR) is 103 cm³/mol. The lowest BCUT2D eigenvalue weighted by Gasteiger charge is -2.10. The van der Waals surface area contributed by atoms with Crippen LogP contribution >= 0.6 is 23.2 Å². The normalized spacial score (nSPS) is 11.2. The Labute approximate surface area is 156 Å². The van der Waals surface area contributed by atoms with Crippen molar-refractivity contribution >= 4 is 41.6 Å². The van der Waals surface area contributed by atoms with Crippen molar-refractivity contribution in [3.63, 3.8) is 0 Å². The highest BCUT2D eigenvalue weighted by molar-refractivity contribution is 6.32. The average Bonchev–Trinajstić information content (AvgIpc) is 2.89. The van der Waals surface area contributed by atoms with Crippen LogP contribution in [0, 0.1) is 6.92 Å². The quantitative estimate of drug-likeness (QED) is 0.437. The molecule has 0 saturated carbocycles. The summed E-state index contributed by atoms with van der Waals surface area (Å²) in [6, 6.07) is 15.9. The Kier molecular flexibility index (Phi) is 5.37. The predicted octanol–water partition coefficient (Wildman–Crippen LogP) is 5.53. The molecule has 0 aliphatic carbocycles. The number of halogens is 2. The fourth-order valence-electron chi connectivity index (χ4n) is 2.58. The summed E-state index contributed by atoms with van der Waals surface area (Å²) in [6.07, 6.45) is 4.77. The van der Waals surface area contributed by atoms with Gasteiger partial charge in [-0.15, -0.1) is 0 Å². The second-order valence-corrected chi connectivity index (χ2v) is 6.40. The average molecular weight is 371 g/mol. The number of benzene rings is 2. The molecule has 0 aliphatic heterocycles. The van der Waals surface area contributed by atoms with E-state index in [1.165, 1.54) is 0 Å². The minimum absolute atomic E-state index is 0.214. The highest BCUT2D eigenvalue weighted by Gasteiger charge is 2.13. The van der Waals surface area contributed by atoms with Crippen LogP contribution in [0.2, 0.25) is 10.2 Å². The molecule has 25 heavy (non-hydrogen) atoms. The Bertz CT molecular complexity index is 930. The first-order chi connectivity index (χ1) is 12.1.